The second-order valence-corrected chi connectivity index (χ2v) is 16.4. The van der Waals surface area contributed by atoms with Crippen molar-refractivity contribution < 1.29 is 28.2 Å². The summed E-state index contributed by atoms with van der Waals surface area (Å²) in [6, 6.07) is 26.2. The van der Waals surface area contributed by atoms with Crippen molar-refractivity contribution in [2.24, 2.45) is 23.7 Å². The summed E-state index contributed by atoms with van der Waals surface area (Å²) in [6.45, 7) is 2.17. The van der Waals surface area contributed by atoms with E-state index in [1.165, 1.54) is 6.42 Å². The Morgan fingerprint density at radius 3 is 2.00 bits per heavy atom. The quantitative estimate of drug-likeness (QED) is 0.159. The molecule has 0 aromatic heterocycles. The number of fused-ring (bicyclic) bond motifs is 3. The molecule has 5 aliphatic rings. The van der Waals surface area contributed by atoms with Gasteiger partial charge < -0.3 is 19.3 Å². The number of carbonyl (C=O) groups is 2. The number of amides is 1. The van der Waals surface area contributed by atoms with Crippen molar-refractivity contribution in [2.75, 3.05) is 19.4 Å². The normalized spacial score (nSPS) is 26.1. The summed E-state index contributed by atoms with van der Waals surface area (Å²) < 4.78 is 33.2. The Kier molecular flexibility index (Phi) is 9.07. The van der Waals surface area contributed by atoms with Crippen LogP contribution in [0, 0.1) is 23.7 Å². The van der Waals surface area contributed by atoms with E-state index in [-0.39, 0.29) is 37.8 Å². The Bertz CT molecular complexity index is 1530. The van der Waals surface area contributed by atoms with Gasteiger partial charge in [-0.05, 0) is 90.5 Å². The molecule has 1 N–H and O–H groups in total. The molecule has 0 radical (unpaired) electrons. The van der Waals surface area contributed by atoms with Crippen molar-refractivity contribution in [3.8, 4) is 11.1 Å². The molecular weight excluding hydrogens is 597 g/mol. The van der Waals surface area contributed by atoms with Gasteiger partial charge in [-0.25, -0.2) is 4.79 Å². The summed E-state index contributed by atoms with van der Waals surface area (Å²) in [7, 11) is -3.62. The molecule has 2 atom stereocenters. The smallest absolute Gasteiger partial charge is 0.407 e. The summed E-state index contributed by atoms with van der Waals surface area (Å²) in [5, 5.41) is 3.01. The van der Waals surface area contributed by atoms with Crippen molar-refractivity contribution in [1.29, 1.82) is 0 Å². The second-order valence-electron chi connectivity index (χ2n) is 13.7. The molecule has 0 saturated heterocycles. The fourth-order valence-electron chi connectivity index (χ4n) is 8.92. The maximum atomic E-state index is 15.2. The lowest BCUT2D eigenvalue weighted by atomic mass is 9.55. The Balaban J connectivity index is 1.13. The van der Waals surface area contributed by atoms with Crippen LogP contribution in [0.15, 0.2) is 78.9 Å². The van der Waals surface area contributed by atoms with E-state index in [1.54, 1.807) is 6.92 Å². The molecule has 1 unspecified atom stereocenters. The van der Waals surface area contributed by atoms with Gasteiger partial charge in [0.05, 0.1) is 19.1 Å². The Labute approximate surface area is 271 Å². The van der Waals surface area contributed by atoms with Crippen molar-refractivity contribution in [3.63, 3.8) is 0 Å². The van der Waals surface area contributed by atoms with Crippen molar-refractivity contribution in [1.82, 2.24) is 5.32 Å². The molecule has 46 heavy (non-hydrogen) atoms. The van der Waals surface area contributed by atoms with Crippen LogP contribution in [0.5, 0.6) is 0 Å². The van der Waals surface area contributed by atoms with E-state index in [4.69, 9.17) is 14.0 Å². The molecule has 8 heteroatoms. The predicted molar refractivity (Wildman–Crippen MR) is 178 cm³/mol. The highest BCUT2D eigenvalue weighted by atomic mass is 31.2. The maximum Gasteiger partial charge on any atom is 0.407 e. The molecule has 1 amide bonds. The average Bonchev–Trinajstić information content (AvgIpc) is 3.38. The van der Waals surface area contributed by atoms with Gasteiger partial charge in [0.1, 0.15) is 12.4 Å². The average molecular weight is 642 g/mol. The highest BCUT2D eigenvalue weighted by Gasteiger charge is 2.52. The molecule has 5 aliphatic carbocycles. The summed E-state index contributed by atoms with van der Waals surface area (Å²) >= 11 is 0. The van der Waals surface area contributed by atoms with Crippen molar-refractivity contribution in [2.45, 2.75) is 69.7 Å². The van der Waals surface area contributed by atoms with Gasteiger partial charge in [0, 0.05) is 18.5 Å². The van der Waals surface area contributed by atoms with E-state index >= 15 is 4.57 Å². The Morgan fingerprint density at radius 2 is 1.39 bits per heavy atom. The monoisotopic (exact) mass is 641 g/mol. The summed E-state index contributed by atoms with van der Waals surface area (Å²) in [5.41, 5.74) is 5.49. The first-order valence-corrected chi connectivity index (χ1v) is 18.9. The molecule has 3 aromatic rings. The van der Waals surface area contributed by atoms with Gasteiger partial charge in [-0.2, -0.15) is 0 Å². The van der Waals surface area contributed by atoms with Gasteiger partial charge in [0.2, 0.25) is 7.37 Å². The number of ether oxygens (including phenoxy) is 2. The number of carbonyl (C=O) groups excluding carboxylic acids is 2. The standard InChI is InChI=1S/C38H44NO6P/c1-2-43-36(40)16-17-46(42,45-37-28-19-26-18-27(21-28)22-29(37)20-26)35(23-25-10-4-3-5-11-25)39-38(41)44-24-34-32-14-8-6-12-30(32)31-13-7-9-15-33(31)34/h3-15,26-29,34-35,37H,2,16-24H2,1H3,(H,39,41)/t26?,27?,28?,29?,35-,37?,46?/m0/s1. The third kappa shape index (κ3) is 6.41. The summed E-state index contributed by atoms with van der Waals surface area (Å²) in [4.78, 5) is 26.2. The molecule has 4 fully saturated rings. The van der Waals surface area contributed by atoms with E-state index in [0.29, 0.717) is 18.3 Å². The number of benzene rings is 3. The minimum Gasteiger partial charge on any atom is -0.466 e. The lowest BCUT2D eigenvalue weighted by Crippen LogP contribution is -2.50. The minimum atomic E-state index is -3.62. The molecule has 0 aliphatic heterocycles. The van der Waals surface area contributed by atoms with E-state index in [1.807, 2.05) is 54.6 Å². The van der Waals surface area contributed by atoms with Gasteiger partial charge in [-0.1, -0.05) is 78.9 Å². The highest BCUT2D eigenvalue weighted by molar-refractivity contribution is 7.59. The zero-order valence-corrected chi connectivity index (χ0v) is 27.4. The lowest BCUT2D eigenvalue weighted by molar-refractivity contribution is -0.142. The third-order valence-electron chi connectivity index (χ3n) is 10.7. The van der Waals surface area contributed by atoms with Crippen LogP contribution in [0.1, 0.15) is 68.1 Å². The maximum absolute atomic E-state index is 15.2. The lowest BCUT2D eigenvalue weighted by Gasteiger charge is -2.54. The van der Waals surface area contributed by atoms with Crippen LogP contribution in [0.4, 0.5) is 4.79 Å². The topological polar surface area (TPSA) is 90.9 Å². The molecule has 0 heterocycles. The third-order valence-corrected chi connectivity index (χ3v) is 13.5. The van der Waals surface area contributed by atoms with E-state index in [2.05, 4.69) is 29.6 Å². The van der Waals surface area contributed by atoms with E-state index in [9.17, 15) is 9.59 Å². The van der Waals surface area contributed by atoms with Gasteiger partial charge in [-0.15, -0.1) is 0 Å². The number of hydrogen-bond acceptors (Lipinski definition) is 6. The Morgan fingerprint density at radius 1 is 0.804 bits per heavy atom. The molecule has 8 rings (SSSR count). The van der Waals surface area contributed by atoms with E-state index < -0.39 is 25.2 Å². The molecule has 7 nitrogen and oxygen atoms in total. The van der Waals surface area contributed by atoms with Crippen LogP contribution in [0.25, 0.3) is 11.1 Å². The van der Waals surface area contributed by atoms with Crippen molar-refractivity contribution >= 4 is 19.4 Å². The number of esters is 1. The molecule has 0 spiro atoms. The number of rotatable bonds is 12. The van der Waals surface area contributed by atoms with Gasteiger partial charge in [-0.3, -0.25) is 9.36 Å². The fourth-order valence-corrected chi connectivity index (χ4v) is 11.5. The number of nitrogens with one attached hydrogen (secondary N) is 1. The summed E-state index contributed by atoms with van der Waals surface area (Å²) in [6.07, 6.45) is 5.27. The van der Waals surface area contributed by atoms with Gasteiger partial charge in [0.25, 0.3) is 0 Å². The molecule has 242 valence electrons. The van der Waals surface area contributed by atoms with Crippen LogP contribution in [-0.4, -0.2) is 43.3 Å². The largest absolute Gasteiger partial charge is 0.466 e. The van der Waals surface area contributed by atoms with Crippen LogP contribution in [-0.2, 0) is 29.8 Å². The van der Waals surface area contributed by atoms with Crippen molar-refractivity contribution in [3.05, 3.63) is 95.6 Å². The Hall–Kier alpha value is -3.41. The molecule has 4 saturated carbocycles. The van der Waals surface area contributed by atoms with E-state index in [0.717, 1.165) is 65.3 Å². The zero-order valence-electron chi connectivity index (χ0n) is 26.5. The predicted octanol–water partition coefficient (Wildman–Crippen LogP) is 8.17. The van der Waals surface area contributed by atoms with Gasteiger partial charge >= 0.3 is 12.1 Å². The van der Waals surface area contributed by atoms with Gasteiger partial charge in [0.15, 0.2) is 0 Å². The summed E-state index contributed by atoms with van der Waals surface area (Å²) in [5.74, 6) is 0.873. The van der Waals surface area contributed by atoms with Crippen LogP contribution in [0.2, 0.25) is 0 Å². The first-order chi connectivity index (χ1) is 22.4. The first-order valence-electron chi connectivity index (χ1n) is 17.0. The van der Waals surface area contributed by atoms with Crippen LogP contribution < -0.4 is 5.32 Å². The SMILES string of the molecule is CCOC(=O)CCP(=O)(OC1C2CC3CC(C2)CC1C3)[C@@H](Cc1ccccc1)NC(=O)OCC1c2ccccc2-c2ccccc21. The van der Waals surface area contributed by atoms with Crippen LogP contribution in [0.3, 0.4) is 0 Å². The minimum absolute atomic E-state index is 0.00971. The molecule has 3 aromatic carbocycles. The first kappa shape index (κ1) is 31.2. The molecule has 4 bridgehead atoms. The fraction of sp³-hybridized carbons (Fsp3) is 0.474. The zero-order chi connectivity index (χ0) is 31.7. The highest BCUT2D eigenvalue weighted by Crippen LogP contribution is 2.61. The number of alkyl carbamates (subject to hydrolysis) is 1. The second kappa shape index (κ2) is 13.4. The van der Waals surface area contributed by atoms with Crippen LogP contribution >= 0.6 is 7.37 Å². The number of hydrogen-bond donors (Lipinski definition) is 1. The molecular formula is C38H44NO6P.